The molecule has 2 N–H and O–H groups in total. The van der Waals surface area contributed by atoms with Gasteiger partial charge in [0, 0.05) is 6.54 Å². The highest BCUT2D eigenvalue weighted by Crippen LogP contribution is 2.32. The van der Waals surface area contributed by atoms with Gasteiger partial charge in [-0.25, -0.2) is 0 Å². The van der Waals surface area contributed by atoms with E-state index in [1.807, 2.05) is 30.3 Å². The predicted molar refractivity (Wildman–Crippen MR) is 132 cm³/mol. The van der Waals surface area contributed by atoms with Crippen LogP contribution in [0.3, 0.4) is 0 Å². The van der Waals surface area contributed by atoms with Gasteiger partial charge in [-0.3, -0.25) is 4.57 Å². The van der Waals surface area contributed by atoms with Gasteiger partial charge in [-0.1, -0.05) is 24.3 Å². The van der Waals surface area contributed by atoms with E-state index in [1.54, 1.807) is 12.3 Å². The largest absolute Gasteiger partial charge is 0.493 e. The topological polar surface area (TPSA) is 80.9 Å². The number of alkyl halides is 3. The third kappa shape index (κ3) is 9.47. The van der Waals surface area contributed by atoms with Crippen molar-refractivity contribution in [2.75, 3.05) is 19.8 Å². The van der Waals surface area contributed by atoms with Crippen LogP contribution < -0.4 is 10.1 Å². The summed E-state index contributed by atoms with van der Waals surface area (Å²) in [5.41, 5.74) is 1.95. The number of hydrogen-bond donors (Lipinski definition) is 2. The normalized spacial score (nSPS) is 12.6. The zero-order valence-electron chi connectivity index (χ0n) is 19.9. The maximum absolute atomic E-state index is 12.9. The van der Waals surface area contributed by atoms with E-state index in [-0.39, 0.29) is 6.61 Å². The Morgan fingerprint density at radius 1 is 0.944 bits per heavy atom. The molecule has 6 nitrogen and oxygen atoms in total. The third-order valence-electron chi connectivity index (χ3n) is 5.50. The van der Waals surface area contributed by atoms with E-state index in [4.69, 9.17) is 14.0 Å². The van der Waals surface area contributed by atoms with Gasteiger partial charge in [0.2, 0.25) is 0 Å². The van der Waals surface area contributed by atoms with Crippen LogP contribution >= 0.6 is 8.25 Å². The fourth-order valence-electron chi connectivity index (χ4n) is 3.72. The summed E-state index contributed by atoms with van der Waals surface area (Å²) < 4.78 is 65.4. The average molecular weight is 526 g/mol. The standard InChI is InChI=1S/C26H31F3NO5P/c27-26(28,29)22-9-4-8-20(17-22)7-2-1-3-14-33-25-12-11-21(18-23(25)24-10-5-15-34-24)19-30-13-6-16-35-36(31)32/h4-5,8-12,15,17-18,30,36H,1-3,6-7,13-14,16,19H2,(H,31,32). The van der Waals surface area contributed by atoms with Crippen molar-refractivity contribution in [1.29, 1.82) is 0 Å². The zero-order valence-corrected chi connectivity index (χ0v) is 20.9. The minimum atomic E-state index is -4.32. The summed E-state index contributed by atoms with van der Waals surface area (Å²) in [6.45, 7) is 1.97. The second-order valence-corrected chi connectivity index (χ2v) is 9.13. The molecule has 1 aromatic heterocycles. The molecule has 3 aromatic rings. The molecule has 196 valence electrons. The van der Waals surface area contributed by atoms with Crippen LogP contribution in [0.1, 0.15) is 42.4 Å². The summed E-state index contributed by atoms with van der Waals surface area (Å²) in [6, 6.07) is 15.0. The number of furan rings is 1. The Hall–Kier alpha value is -2.58. The highest BCUT2D eigenvalue weighted by Gasteiger charge is 2.30. The molecule has 1 unspecified atom stereocenters. The van der Waals surface area contributed by atoms with E-state index in [1.165, 1.54) is 12.1 Å². The molecule has 0 bridgehead atoms. The molecule has 0 amide bonds. The second-order valence-electron chi connectivity index (χ2n) is 8.31. The molecule has 0 saturated carbocycles. The van der Waals surface area contributed by atoms with Gasteiger partial charge in [-0.05, 0) is 80.1 Å². The molecule has 0 spiro atoms. The van der Waals surface area contributed by atoms with Gasteiger partial charge in [0.05, 0.1) is 30.6 Å². The van der Waals surface area contributed by atoms with Crippen LogP contribution in [0.15, 0.2) is 65.3 Å². The maximum Gasteiger partial charge on any atom is 0.416 e. The Kier molecular flexibility index (Phi) is 11.1. The summed E-state index contributed by atoms with van der Waals surface area (Å²) in [4.78, 5) is 8.67. The minimum Gasteiger partial charge on any atom is -0.493 e. The third-order valence-corrected chi connectivity index (χ3v) is 5.96. The molecule has 1 heterocycles. The molecule has 0 aliphatic heterocycles. The Morgan fingerprint density at radius 2 is 1.81 bits per heavy atom. The molecule has 0 fully saturated rings. The summed E-state index contributed by atoms with van der Waals surface area (Å²) in [6.07, 6.45) is 0.891. The van der Waals surface area contributed by atoms with Crippen molar-refractivity contribution in [1.82, 2.24) is 5.32 Å². The van der Waals surface area contributed by atoms with Crippen LogP contribution in [0.5, 0.6) is 5.75 Å². The van der Waals surface area contributed by atoms with E-state index in [0.29, 0.717) is 49.6 Å². The Balaban J connectivity index is 1.45. The first kappa shape index (κ1) is 28.0. The van der Waals surface area contributed by atoms with Gasteiger partial charge in [0.15, 0.2) is 0 Å². The first-order valence-electron chi connectivity index (χ1n) is 11.8. The monoisotopic (exact) mass is 525 g/mol. The van der Waals surface area contributed by atoms with Gasteiger partial charge >= 0.3 is 14.4 Å². The molecular formula is C26H31F3NO5P. The lowest BCUT2D eigenvalue weighted by molar-refractivity contribution is -0.137. The highest BCUT2D eigenvalue weighted by molar-refractivity contribution is 7.32. The Bertz CT molecular complexity index is 1090. The molecule has 0 aliphatic carbocycles. The summed E-state index contributed by atoms with van der Waals surface area (Å²) in [5, 5.41) is 3.27. The predicted octanol–water partition coefficient (Wildman–Crippen LogP) is 6.64. The van der Waals surface area contributed by atoms with Crippen LogP contribution in [-0.2, 0) is 28.2 Å². The number of rotatable bonds is 15. The number of unbranched alkanes of at least 4 members (excludes halogenated alkanes) is 2. The molecule has 36 heavy (non-hydrogen) atoms. The van der Waals surface area contributed by atoms with Gasteiger partial charge in [-0.15, -0.1) is 0 Å². The van der Waals surface area contributed by atoms with Crippen LogP contribution in [-0.4, -0.2) is 24.7 Å². The number of halogens is 3. The van der Waals surface area contributed by atoms with Gasteiger partial charge < -0.3 is 23.9 Å². The smallest absolute Gasteiger partial charge is 0.416 e. The summed E-state index contributed by atoms with van der Waals surface area (Å²) in [7, 11) is -2.88. The first-order valence-corrected chi connectivity index (χ1v) is 13.1. The van der Waals surface area contributed by atoms with Crippen LogP contribution in [0.4, 0.5) is 13.2 Å². The highest BCUT2D eigenvalue weighted by atomic mass is 31.1. The first-order chi connectivity index (χ1) is 17.3. The van der Waals surface area contributed by atoms with Gasteiger partial charge in [-0.2, -0.15) is 13.2 Å². The van der Waals surface area contributed by atoms with Crippen LogP contribution in [0, 0.1) is 0 Å². The van der Waals surface area contributed by atoms with E-state index in [0.717, 1.165) is 36.5 Å². The fourth-order valence-corrected chi connectivity index (χ4v) is 4.04. The molecule has 2 aromatic carbocycles. The SMILES string of the molecule is O=[PH](O)OCCCNCc1ccc(OCCCCCc2cccc(C(F)(F)F)c2)c(-c2ccco2)c1. The quantitative estimate of drug-likeness (QED) is 0.171. The average Bonchev–Trinajstić information content (AvgIpc) is 3.38. The van der Waals surface area contributed by atoms with Crippen molar-refractivity contribution in [2.24, 2.45) is 0 Å². The van der Waals surface area contributed by atoms with Crippen LogP contribution in [0.2, 0.25) is 0 Å². The molecule has 10 heteroatoms. The molecule has 1 atom stereocenters. The van der Waals surface area contributed by atoms with Crippen LogP contribution in [0.25, 0.3) is 11.3 Å². The lowest BCUT2D eigenvalue weighted by Crippen LogP contribution is -2.16. The lowest BCUT2D eigenvalue weighted by Gasteiger charge is -2.13. The Labute approximate surface area is 209 Å². The van der Waals surface area contributed by atoms with E-state index < -0.39 is 20.0 Å². The number of hydrogen-bond acceptors (Lipinski definition) is 5. The number of aryl methyl sites for hydroxylation is 1. The van der Waals surface area contributed by atoms with Gasteiger partial charge in [0.1, 0.15) is 11.5 Å². The van der Waals surface area contributed by atoms with Crippen molar-refractivity contribution in [3.05, 3.63) is 77.6 Å². The van der Waals surface area contributed by atoms with Crippen molar-refractivity contribution in [3.8, 4) is 17.1 Å². The summed E-state index contributed by atoms with van der Waals surface area (Å²) >= 11 is 0. The van der Waals surface area contributed by atoms with Crippen molar-refractivity contribution in [2.45, 2.75) is 44.8 Å². The van der Waals surface area contributed by atoms with Crippen molar-refractivity contribution >= 4 is 8.25 Å². The minimum absolute atomic E-state index is 0.228. The zero-order chi connectivity index (χ0) is 25.8. The fraction of sp³-hybridized carbons (Fsp3) is 0.385. The molecule has 0 saturated heterocycles. The second kappa shape index (κ2) is 14.2. The van der Waals surface area contributed by atoms with Crippen molar-refractivity contribution in [3.63, 3.8) is 0 Å². The summed E-state index contributed by atoms with van der Waals surface area (Å²) in [5.74, 6) is 1.39. The Morgan fingerprint density at radius 3 is 2.56 bits per heavy atom. The van der Waals surface area contributed by atoms with Crippen molar-refractivity contribution < 1.29 is 36.3 Å². The van der Waals surface area contributed by atoms with E-state index in [9.17, 15) is 17.7 Å². The van der Waals surface area contributed by atoms with E-state index in [2.05, 4.69) is 9.84 Å². The number of benzene rings is 2. The van der Waals surface area contributed by atoms with E-state index >= 15 is 0 Å². The lowest BCUT2D eigenvalue weighted by atomic mass is 10.0. The number of ether oxygens (including phenoxy) is 1. The molecule has 0 radical (unpaired) electrons. The molecule has 0 aliphatic rings. The molecule has 3 rings (SSSR count). The number of nitrogens with one attached hydrogen (secondary N) is 1. The molecular weight excluding hydrogens is 494 g/mol. The van der Waals surface area contributed by atoms with Gasteiger partial charge in [0.25, 0.3) is 0 Å². The maximum atomic E-state index is 12.9.